The van der Waals surface area contributed by atoms with Gasteiger partial charge in [0, 0.05) is 10.5 Å². The van der Waals surface area contributed by atoms with Gasteiger partial charge in [-0.15, -0.1) is 11.8 Å². The number of amides is 1. The maximum atomic E-state index is 11.8. The van der Waals surface area contributed by atoms with Crippen LogP contribution in [-0.4, -0.2) is 25.0 Å². The van der Waals surface area contributed by atoms with Gasteiger partial charge in [0.15, 0.2) is 0 Å². The van der Waals surface area contributed by atoms with Gasteiger partial charge in [0.2, 0.25) is 0 Å². The molecule has 3 nitrogen and oxygen atoms in total. The van der Waals surface area contributed by atoms with Crippen LogP contribution in [0.15, 0.2) is 41.3 Å². The summed E-state index contributed by atoms with van der Waals surface area (Å²) in [5, 5.41) is 4.71. The van der Waals surface area contributed by atoms with Crippen molar-refractivity contribution in [1.29, 1.82) is 0 Å². The molecule has 0 heterocycles. The predicted octanol–water partition coefficient (Wildman–Crippen LogP) is 2.49. The lowest BCUT2D eigenvalue weighted by atomic mass is 10.1. The molecule has 0 aliphatic heterocycles. The van der Waals surface area contributed by atoms with E-state index in [1.54, 1.807) is 11.8 Å². The lowest BCUT2D eigenvalue weighted by molar-refractivity contribution is -0.107. The van der Waals surface area contributed by atoms with Crippen LogP contribution in [0.5, 0.6) is 0 Å². The highest BCUT2D eigenvalue weighted by Crippen LogP contribution is 2.27. The lowest BCUT2D eigenvalue weighted by Gasteiger charge is -2.08. The van der Waals surface area contributed by atoms with Crippen LogP contribution >= 0.6 is 11.8 Å². The molecule has 0 aromatic heterocycles. The minimum atomic E-state index is -0.219. The Morgan fingerprint density at radius 2 is 2.11 bits per heavy atom. The van der Waals surface area contributed by atoms with Gasteiger partial charge in [-0.2, -0.15) is 0 Å². The van der Waals surface area contributed by atoms with E-state index in [2.05, 4.69) is 5.32 Å². The highest BCUT2D eigenvalue weighted by atomic mass is 32.2. The number of fused-ring (bicyclic) bond motifs is 1. The summed E-state index contributed by atoms with van der Waals surface area (Å²) in [6.07, 6.45) is 2.66. The van der Waals surface area contributed by atoms with Gasteiger partial charge in [-0.1, -0.05) is 24.3 Å². The molecule has 0 radical (unpaired) electrons. The second kappa shape index (κ2) is 5.69. The number of rotatable bonds is 4. The number of nitrogens with one attached hydrogen (secondary N) is 1. The zero-order chi connectivity index (χ0) is 13.0. The van der Waals surface area contributed by atoms with Crippen molar-refractivity contribution in [3.8, 4) is 0 Å². The fraction of sp³-hybridized carbons (Fsp3) is 0.143. The smallest absolute Gasteiger partial charge is 0.251 e. The molecule has 1 N–H and O–H groups in total. The third kappa shape index (κ3) is 2.54. The van der Waals surface area contributed by atoms with Crippen molar-refractivity contribution in [2.45, 2.75) is 4.90 Å². The highest BCUT2D eigenvalue weighted by molar-refractivity contribution is 7.98. The van der Waals surface area contributed by atoms with E-state index in [0.29, 0.717) is 11.8 Å². The Labute approximate surface area is 110 Å². The molecule has 0 saturated carbocycles. The molecule has 18 heavy (non-hydrogen) atoms. The third-order valence-electron chi connectivity index (χ3n) is 2.65. The maximum absolute atomic E-state index is 11.8. The Balaban J connectivity index is 2.46. The molecule has 0 atom stereocenters. The van der Waals surface area contributed by atoms with E-state index in [0.717, 1.165) is 15.7 Å². The van der Waals surface area contributed by atoms with Gasteiger partial charge in [-0.05, 0) is 29.2 Å². The molecular weight excluding hydrogens is 246 g/mol. The van der Waals surface area contributed by atoms with E-state index in [-0.39, 0.29) is 12.5 Å². The number of hydrogen-bond donors (Lipinski definition) is 1. The number of aldehydes is 1. The number of hydrogen-bond acceptors (Lipinski definition) is 3. The van der Waals surface area contributed by atoms with Crippen LogP contribution in [0.25, 0.3) is 10.8 Å². The largest absolute Gasteiger partial charge is 0.345 e. The van der Waals surface area contributed by atoms with Crippen LogP contribution in [0.2, 0.25) is 0 Å². The topological polar surface area (TPSA) is 46.2 Å². The summed E-state index contributed by atoms with van der Waals surface area (Å²) in [7, 11) is 0. The monoisotopic (exact) mass is 259 g/mol. The van der Waals surface area contributed by atoms with Crippen molar-refractivity contribution >= 4 is 34.7 Å². The minimum absolute atomic E-state index is 0.0419. The zero-order valence-electron chi connectivity index (χ0n) is 9.97. The normalized spacial score (nSPS) is 10.3. The first-order valence-electron chi connectivity index (χ1n) is 5.55. The fourth-order valence-electron chi connectivity index (χ4n) is 1.81. The molecule has 1 amide bonds. The van der Waals surface area contributed by atoms with Crippen molar-refractivity contribution in [2.24, 2.45) is 0 Å². The van der Waals surface area contributed by atoms with E-state index in [4.69, 9.17) is 0 Å². The van der Waals surface area contributed by atoms with Crippen molar-refractivity contribution in [3.05, 3.63) is 42.0 Å². The molecule has 92 valence electrons. The van der Waals surface area contributed by atoms with Crippen LogP contribution in [0.4, 0.5) is 0 Å². The second-order valence-electron chi connectivity index (χ2n) is 3.78. The molecule has 0 aliphatic carbocycles. The number of carbonyl (C=O) groups excluding carboxylic acids is 2. The van der Waals surface area contributed by atoms with Gasteiger partial charge in [0.25, 0.3) is 5.91 Å². The Morgan fingerprint density at radius 3 is 2.83 bits per heavy atom. The van der Waals surface area contributed by atoms with Crippen molar-refractivity contribution in [2.75, 3.05) is 12.8 Å². The molecule has 2 aromatic rings. The minimum Gasteiger partial charge on any atom is -0.345 e. The summed E-state index contributed by atoms with van der Waals surface area (Å²) in [5.41, 5.74) is 0.583. The van der Waals surface area contributed by atoms with Crippen molar-refractivity contribution in [3.63, 3.8) is 0 Å². The van der Waals surface area contributed by atoms with Crippen LogP contribution in [0, 0.1) is 0 Å². The zero-order valence-corrected chi connectivity index (χ0v) is 10.8. The first-order valence-corrected chi connectivity index (χ1v) is 6.77. The molecular formula is C14H13NO2S. The fourth-order valence-corrected chi connectivity index (χ4v) is 2.46. The average molecular weight is 259 g/mol. The molecule has 0 saturated heterocycles. The highest BCUT2D eigenvalue weighted by Gasteiger charge is 2.09. The third-order valence-corrected chi connectivity index (χ3v) is 3.43. The number of thioether (sulfide) groups is 1. The SMILES string of the molecule is CSc1cc(C(=O)NCC=O)cc2ccccc12. The predicted molar refractivity (Wildman–Crippen MR) is 74.1 cm³/mol. The summed E-state index contributed by atoms with van der Waals surface area (Å²) in [4.78, 5) is 23.2. The van der Waals surface area contributed by atoms with Gasteiger partial charge in [0.05, 0.1) is 6.54 Å². The van der Waals surface area contributed by atoms with Crippen LogP contribution in [0.1, 0.15) is 10.4 Å². The summed E-state index contributed by atoms with van der Waals surface area (Å²) in [6.45, 7) is 0.0419. The molecule has 0 aliphatic rings. The summed E-state index contributed by atoms with van der Waals surface area (Å²) >= 11 is 1.60. The van der Waals surface area contributed by atoms with Crippen molar-refractivity contribution < 1.29 is 9.59 Å². The quantitative estimate of drug-likeness (QED) is 0.678. The Bertz CT molecular complexity index is 595. The standard InChI is InChI=1S/C14H13NO2S/c1-18-13-9-11(14(17)15-6-7-16)8-10-4-2-3-5-12(10)13/h2-5,7-9H,6H2,1H3,(H,15,17). The van der Waals surface area contributed by atoms with E-state index in [1.165, 1.54) is 0 Å². The first kappa shape index (κ1) is 12.6. The second-order valence-corrected chi connectivity index (χ2v) is 4.62. The molecule has 2 aromatic carbocycles. The van der Waals surface area contributed by atoms with Gasteiger partial charge in [-0.25, -0.2) is 0 Å². The van der Waals surface area contributed by atoms with Gasteiger partial charge >= 0.3 is 0 Å². The molecule has 0 unspecified atom stereocenters. The van der Waals surface area contributed by atoms with E-state index < -0.39 is 0 Å². The van der Waals surface area contributed by atoms with E-state index in [9.17, 15) is 9.59 Å². The van der Waals surface area contributed by atoms with Crippen molar-refractivity contribution in [1.82, 2.24) is 5.32 Å². The first-order chi connectivity index (χ1) is 8.76. The van der Waals surface area contributed by atoms with Crippen LogP contribution in [-0.2, 0) is 4.79 Å². The van der Waals surface area contributed by atoms with Crippen LogP contribution < -0.4 is 5.32 Å². The number of benzene rings is 2. The Morgan fingerprint density at radius 1 is 1.33 bits per heavy atom. The van der Waals surface area contributed by atoms with Gasteiger partial charge in [-0.3, -0.25) is 4.79 Å². The maximum Gasteiger partial charge on any atom is 0.251 e. The number of carbonyl (C=O) groups is 2. The van der Waals surface area contributed by atoms with E-state index in [1.807, 2.05) is 42.7 Å². The molecule has 2 rings (SSSR count). The Kier molecular flexibility index (Phi) is 3.99. The Hall–Kier alpha value is -1.81. The molecule has 0 bridgehead atoms. The lowest BCUT2D eigenvalue weighted by Crippen LogP contribution is -2.25. The molecule has 0 fully saturated rings. The van der Waals surface area contributed by atoms with Crippen LogP contribution in [0.3, 0.4) is 0 Å². The molecule has 4 heteroatoms. The summed E-state index contributed by atoms with van der Waals surface area (Å²) < 4.78 is 0. The summed E-state index contributed by atoms with van der Waals surface area (Å²) in [5.74, 6) is -0.219. The van der Waals surface area contributed by atoms with E-state index >= 15 is 0 Å². The molecule has 0 spiro atoms. The average Bonchev–Trinajstić information content (AvgIpc) is 2.43. The van der Waals surface area contributed by atoms with Gasteiger partial charge < -0.3 is 10.1 Å². The summed E-state index contributed by atoms with van der Waals surface area (Å²) in [6, 6.07) is 11.6. The van der Waals surface area contributed by atoms with Gasteiger partial charge in [0.1, 0.15) is 6.29 Å².